The first-order chi connectivity index (χ1) is 24.3. The minimum Gasteiger partial charge on any atom is -0.756 e. The Bertz CT molecular complexity index is 813. The highest BCUT2D eigenvalue weighted by Gasteiger charge is 2.22. The molecule has 0 aliphatic heterocycles. The molecule has 0 amide bonds. The topological polar surface area (TPSA) is 183 Å². The lowest BCUT2D eigenvalue weighted by Crippen LogP contribution is -2.42. The molecule has 0 aliphatic carbocycles. The van der Waals surface area contributed by atoms with Crippen LogP contribution < -0.4 is 10.6 Å². The molecular weight excluding hydrogens is 702 g/mol. The standard InChI is InChI=1S/C21H46NO4P.C18H40NO4P.H2O/c1-5-6-7-8-9-10-11-12-13-14-15-16-17-18-19-21(20-22(2,3)4)26-27(23,24)25;1-2-3-4-5-6-7-8-9-10-11-12-13-14-15-17-22-24(20,21)23-18-16-19;/h21H,5-20H2,1-4H3,(H-,23,24,25);2-19H2,1H3,(H,20,21);1H2. The van der Waals surface area contributed by atoms with Gasteiger partial charge in [-0.2, -0.15) is 0 Å². The number of nitrogens with zero attached hydrogens (tertiary/aromatic N) is 1. The maximum Gasteiger partial charge on any atom is 0.472 e. The van der Waals surface area contributed by atoms with Crippen LogP contribution in [0.3, 0.4) is 0 Å². The summed E-state index contributed by atoms with van der Waals surface area (Å²) in [5.74, 6) is 0. The van der Waals surface area contributed by atoms with E-state index in [0.717, 1.165) is 25.7 Å². The molecule has 0 heterocycles. The predicted molar refractivity (Wildman–Crippen MR) is 217 cm³/mol. The van der Waals surface area contributed by atoms with E-state index < -0.39 is 21.7 Å². The van der Waals surface area contributed by atoms with E-state index in [1.54, 1.807) is 0 Å². The van der Waals surface area contributed by atoms with Gasteiger partial charge in [0.25, 0.3) is 7.82 Å². The SMILES string of the molecule is CCCCCCCCCCCCCCCCC(C[N+](C)(C)C)OP(=O)([O-])O.CCCCCCCCCCCCCCCCOP(=O)(O)OCCN.O. The van der Waals surface area contributed by atoms with E-state index in [1.165, 1.54) is 154 Å². The Kier molecular flexibility index (Phi) is 42.7. The average Bonchev–Trinajstić information content (AvgIpc) is 3.04. The second-order valence-corrected chi connectivity index (χ2v) is 18.2. The van der Waals surface area contributed by atoms with E-state index in [9.17, 15) is 18.9 Å². The lowest BCUT2D eigenvalue weighted by atomic mass is 10.0. The van der Waals surface area contributed by atoms with Crippen LogP contribution in [0.25, 0.3) is 0 Å². The summed E-state index contributed by atoms with van der Waals surface area (Å²) in [6, 6.07) is 0. The Hall–Kier alpha value is 0.1000. The number of hydrogen-bond donors (Lipinski definition) is 3. The highest BCUT2D eigenvalue weighted by atomic mass is 31.2. The molecule has 3 unspecified atom stereocenters. The Morgan fingerprint density at radius 3 is 1.17 bits per heavy atom. The third kappa shape index (κ3) is 50.1. The van der Waals surface area contributed by atoms with Gasteiger partial charge in [0.15, 0.2) is 0 Å². The van der Waals surface area contributed by atoms with Crippen molar-refractivity contribution >= 4 is 15.6 Å². The summed E-state index contributed by atoms with van der Waals surface area (Å²) >= 11 is 0. The molecule has 0 bridgehead atoms. The van der Waals surface area contributed by atoms with Crippen LogP contribution in [0, 0.1) is 0 Å². The Balaban J connectivity index is -0.000000912. The van der Waals surface area contributed by atoms with E-state index >= 15 is 0 Å². The maximum absolute atomic E-state index is 11.4. The van der Waals surface area contributed by atoms with Crippen LogP contribution in [0.4, 0.5) is 0 Å². The smallest absolute Gasteiger partial charge is 0.472 e. The molecule has 52 heavy (non-hydrogen) atoms. The van der Waals surface area contributed by atoms with E-state index in [0.29, 0.717) is 17.4 Å². The number of hydrogen-bond acceptors (Lipinski definition) is 7. The molecule has 0 saturated heterocycles. The molecule has 0 aliphatic rings. The molecule has 0 radical (unpaired) electrons. The first-order valence-electron chi connectivity index (χ1n) is 21.1. The van der Waals surface area contributed by atoms with Crippen LogP contribution in [0.5, 0.6) is 0 Å². The molecule has 0 fully saturated rings. The first-order valence-corrected chi connectivity index (χ1v) is 24.1. The zero-order valence-corrected chi connectivity index (χ0v) is 36.5. The summed E-state index contributed by atoms with van der Waals surface area (Å²) < 4.78 is 37.4. The summed E-state index contributed by atoms with van der Waals surface area (Å²) in [5, 5.41) is 0. The van der Waals surface area contributed by atoms with E-state index in [1.807, 2.05) is 21.1 Å². The minimum atomic E-state index is -4.66. The number of phosphoric ester groups is 2. The molecule has 0 aromatic heterocycles. The fourth-order valence-corrected chi connectivity index (χ4v) is 7.54. The molecule has 11 nitrogen and oxygen atoms in total. The monoisotopic (exact) mass is 791 g/mol. The number of rotatable bonds is 38. The van der Waals surface area contributed by atoms with Crippen molar-refractivity contribution in [2.45, 2.75) is 206 Å². The molecule has 0 aromatic carbocycles. The number of likely N-dealkylation sites (N-methyl/N-ethyl adjacent to an activating group) is 1. The van der Waals surface area contributed by atoms with Gasteiger partial charge in [-0.25, -0.2) is 4.57 Å². The summed E-state index contributed by atoms with van der Waals surface area (Å²) in [5.41, 5.74) is 5.21. The molecular formula is C39H88N2O9P2. The average molecular weight is 791 g/mol. The molecule has 0 saturated carbocycles. The fourth-order valence-electron chi connectivity index (χ4n) is 6.23. The molecule has 0 rings (SSSR count). The van der Waals surface area contributed by atoms with Crippen molar-refractivity contribution < 1.29 is 47.3 Å². The summed E-state index contributed by atoms with van der Waals surface area (Å²) in [6.45, 7) is 5.63. The lowest BCUT2D eigenvalue weighted by Gasteiger charge is -2.31. The third-order valence-corrected chi connectivity index (χ3v) is 10.6. The highest BCUT2D eigenvalue weighted by molar-refractivity contribution is 7.47. The quantitative estimate of drug-likeness (QED) is 0.0311. The molecule has 0 spiro atoms. The van der Waals surface area contributed by atoms with Gasteiger partial charge in [-0.15, -0.1) is 0 Å². The van der Waals surface area contributed by atoms with E-state index in [-0.39, 0.29) is 25.2 Å². The van der Waals surface area contributed by atoms with Crippen molar-refractivity contribution in [2.75, 3.05) is 47.4 Å². The van der Waals surface area contributed by atoms with Crippen LogP contribution in [0.1, 0.15) is 200 Å². The molecule has 318 valence electrons. The second kappa shape index (κ2) is 39.3. The van der Waals surface area contributed by atoms with Gasteiger partial charge in [0, 0.05) is 6.54 Å². The minimum absolute atomic E-state index is 0. The maximum atomic E-state index is 11.4. The molecule has 13 heteroatoms. The lowest BCUT2D eigenvalue weighted by molar-refractivity contribution is -0.873. The Labute approximate surface area is 321 Å². The van der Waals surface area contributed by atoms with Gasteiger partial charge in [-0.1, -0.05) is 187 Å². The predicted octanol–water partition coefficient (Wildman–Crippen LogP) is 10.1. The van der Waals surface area contributed by atoms with Crippen molar-refractivity contribution in [3.05, 3.63) is 0 Å². The van der Waals surface area contributed by atoms with Crippen LogP contribution in [0.2, 0.25) is 0 Å². The van der Waals surface area contributed by atoms with Gasteiger partial charge < -0.3 is 34.9 Å². The normalized spacial score (nSPS) is 14.6. The van der Waals surface area contributed by atoms with Gasteiger partial charge in [0.2, 0.25) is 0 Å². The Morgan fingerprint density at radius 2 is 0.865 bits per heavy atom. The van der Waals surface area contributed by atoms with Crippen LogP contribution in [-0.2, 0) is 22.7 Å². The first kappa shape index (κ1) is 56.4. The van der Waals surface area contributed by atoms with Crippen molar-refractivity contribution in [2.24, 2.45) is 5.73 Å². The van der Waals surface area contributed by atoms with Crippen molar-refractivity contribution in [3.8, 4) is 0 Å². The van der Waals surface area contributed by atoms with Gasteiger partial charge in [0.1, 0.15) is 12.6 Å². The highest BCUT2D eigenvalue weighted by Crippen LogP contribution is 2.43. The molecule has 0 aromatic rings. The van der Waals surface area contributed by atoms with Crippen LogP contribution in [-0.4, -0.2) is 73.3 Å². The molecule has 3 atom stereocenters. The van der Waals surface area contributed by atoms with Crippen molar-refractivity contribution in [1.29, 1.82) is 0 Å². The van der Waals surface area contributed by atoms with E-state index in [2.05, 4.69) is 18.4 Å². The zero-order valence-electron chi connectivity index (χ0n) is 34.7. The van der Waals surface area contributed by atoms with Gasteiger partial charge in [-0.3, -0.25) is 13.6 Å². The Morgan fingerprint density at radius 1 is 0.558 bits per heavy atom. The number of phosphoric acid groups is 2. The number of nitrogens with two attached hydrogens (primary N) is 1. The van der Waals surface area contributed by atoms with E-state index in [4.69, 9.17) is 19.7 Å². The van der Waals surface area contributed by atoms with Gasteiger partial charge >= 0.3 is 7.82 Å². The fraction of sp³-hybridized carbons (Fsp3) is 1.00. The third-order valence-electron chi connectivity index (χ3n) is 9.04. The summed E-state index contributed by atoms with van der Waals surface area (Å²) in [7, 11) is -2.55. The summed E-state index contributed by atoms with van der Waals surface area (Å²) in [6.07, 6.45) is 36.4. The van der Waals surface area contributed by atoms with Crippen LogP contribution >= 0.6 is 15.6 Å². The number of quaternary nitrogens is 1. The zero-order chi connectivity index (χ0) is 38.5. The van der Waals surface area contributed by atoms with Crippen molar-refractivity contribution in [1.82, 2.24) is 0 Å². The molecule has 6 N–H and O–H groups in total. The largest absolute Gasteiger partial charge is 0.756 e. The van der Waals surface area contributed by atoms with Crippen LogP contribution in [0.15, 0.2) is 0 Å². The summed E-state index contributed by atoms with van der Waals surface area (Å²) in [4.78, 5) is 29.3. The van der Waals surface area contributed by atoms with Gasteiger partial charge in [0.05, 0.1) is 34.4 Å². The van der Waals surface area contributed by atoms with Gasteiger partial charge in [-0.05, 0) is 12.8 Å². The van der Waals surface area contributed by atoms with Crippen molar-refractivity contribution in [3.63, 3.8) is 0 Å². The second-order valence-electron chi connectivity index (χ2n) is 15.6. The number of unbranched alkanes of at least 4 members (excludes halogenated alkanes) is 26.